The summed E-state index contributed by atoms with van der Waals surface area (Å²) in [5.74, 6) is 0. The number of hydrogen-bond donors (Lipinski definition) is 0. The van der Waals surface area contributed by atoms with Crippen LogP contribution in [0.4, 0.5) is 0 Å². The fraction of sp³-hybridized carbons (Fsp3) is 0. The van der Waals surface area contributed by atoms with Gasteiger partial charge in [-0.25, -0.2) is 0 Å². The van der Waals surface area contributed by atoms with E-state index in [1.807, 2.05) is 0 Å². The van der Waals surface area contributed by atoms with Gasteiger partial charge < -0.3 is 5.48 Å². The zero-order valence-corrected chi connectivity index (χ0v) is 7.26. The summed E-state index contributed by atoms with van der Waals surface area (Å²) in [6.45, 7) is 0. The van der Waals surface area contributed by atoms with E-state index in [4.69, 9.17) is 26.8 Å². The normalized spacial score (nSPS) is 7.20. The van der Waals surface area contributed by atoms with Gasteiger partial charge in [-0.3, -0.25) is 0 Å². The standard InChI is InChI=1S/3ClH.H2O.Sn/h3*1H;1H2;/q;;;;+3/p-3. The van der Waals surface area contributed by atoms with Gasteiger partial charge in [0.2, 0.25) is 0 Å². The van der Waals surface area contributed by atoms with Gasteiger partial charge in [-0.05, 0) is 0 Å². The second-order valence-corrected chi connectivity index (χ2v) is 12.9. The minimum atomic E-state index is -2.13. The van der Waals surface area contributed by atoms with Crippen LogP contribution in [0.1, 0.15) is 0 Å². The molecule has 0 spiro atoms. The second kappa shape index (κ2) is 5.63. The van der Waals surface area contributed by atoms with Crippen LogP contribution in [0, 0.1) is 0 Å². The Balaban J connectivity index is 0. The first-order valence-electron chi connectivity index (χ1n) is 0.567. The SMILES string of the molecule is O.[Cl][Sn]([Cl])[Cl]. The fourth-order valence-corrected chi connectivity index (χ4v) is 0. The molecule has 0 saturated heterocycles. The topological polar surface area (TPSA) is 31.5 Å². The zero-order valence-electron chi connectivity index (χ0n) is 2.13. The molecule has 0 aliphatic carbocycles. The van der Waals surface area contributed by atoms with E-state index >= 15 is 0 Å². The Bertz CT molecular complexity index is 11.6. The molecule has 0 aromatic rings. The van der Waals surface area contributed by atoms with Crippen molar-refractivity contribution < 1.29 is 5.48 Å². The fourth-order valence-electron chi connectivity index (χ4n) is 0. The first-order valence-corrected chi connectivity index (χ1v) is 11.4. The predicted molar refractivity (Wildman–Crippen MR) is 26.9 cm³/mol. The minimum absolute atomic E-state index is 0. The third-order valence-electron chi connectivity index (χ3n) is 0. The zero-order chi connectivity index (χ0) is 3.58. The molecule has 1 nitrogen and oxygen atoms in total. The van der Waals surface area contributed by atoms with Crippen LogP contribution in [0.25, 0.3) is 0 Å². The maximum atomic E-state index is 5.00. The monoisotopic (exact) mass is 243 g/mol. The summed E-state index contributed by atoms with van der Waals surface area (Å²) in [5.41, 5.74) is 0. The molecule has 0 unspecified atom stereocenters. The third-order valence-corrected chi connectivity index (χ3v) is 0. The summed E-state index contributed by atoms with van der Waals surface area (Å²) in [4.78, 5) is 0. The summed E-state index contributed by atoms with van der Waals surface area (Å²) < 4.78 is 0. The van der Waals surface area contributed by atoms with Crippen LogP contribution in [0.15, 0.2) is 0 Å². The Hall–Kier alpha value is 1.63. The maximum absolute atomic E-state index is 5.00. The third kappa shape index (κ3) is 27.9. The van der Waals surface area contributed by atoms with Crippen LogP contribution in [-0.4, -0.2) is 21.9 Å². The van der Waals surface area contributed by atoms with E-state index in [-0.39, 0.29) is 5.48 Å². The van der Waals surface area contributed by atoms with Crippen molar-refractivity contribution in [1.29, 1.82) is 0 Å². The molecule has 5 heavy (non-hydrogen) atoms. The molecule has 0 aromatic carbocycles. The Kier molecular flexibility index (Phi) is 11.0. The average molecular weight is 243 g/mol. The summed E-state index contributed by atoms with van der Waals surface area (Å²) >= 11 is -2.13. The molecule has 0 aromatic heterocycles. The van der Waals surface area contributed by atoms with Gasteiger partial charge in [0.25, 0.3) is 0 Å². The van der Waals surface area contributed by atoms with E-state index in [2.05, 4.69) is 0 Å². The number of halogens is 3. The summed E-state index contributed by atoms with van der Waals surface area (Å²) in [5, 5.41) is 0. The van der Waals surface area contributed by atoms with E-state index in [1.165, 1.54) is 0 Å². The van der Waals surface area contributed by atoms with Crippen LogP contribution < -0.4 is 0 Å². The van der Waals surface area contributed by atoms with Crippen molar-refractivity contribution in [3.8, 4) is 0 Å². The molecule has 0 amide bonds. The van der Waals surface area contributed by atoms with Crippen molar-refractivity contribution in [2.45, 2.75) is 0 Å². The molecule has 33 valence electrons. The average Bonchev–Trinajstić information content (AvgIpc) is 0.811. The quantitative estimate of drug-likeness (QED) is 0.565. The van der Waals surface area contributed by atoms with Crippen molar-refractivity contribution in [2.75, 3.05) is 0 Å². The van der Waals surface area contributed by atoms with Crippen LogP contribution in [0.3, 0.4) is 0 Å². The van der Waals surface area contributed by atoms with Crippen molar-refractivity contribution in [3.05, 3.63) is 0 Å². The van der Waals surface area contributed by atoms with Crippen molar-refractivity contribution in [3.63, 3.8) is 0 Å². The van der Waals surface area contributed by atoms with E-state index in [0.717, 1.165) is 0 Å². The molecular formula is H2Cl3OSn. The van der Waals surface area contributed by atoms with E-state index in [0.29, 0.717) is 0 Å². The second-order valence-electron chi connectivity index (χ2n) is 0.214. The van der Waals surface area contributed by atoms with Crippen LogP contribution in [-0.2, 0) is 0 Å². The van der Waals surface area contributed by atoms with E-state index in [1.54, 1.807) is 0 Å². The Morgan fingerprint density at radius 2 is 1.00 bits per heavy atom. The molecule has 0 heterocycles. The predicted octanol–water partition coefficient (Wildman–Crippen LogP) is 0.863. The van der Waals surface area contributed by atoms with Crippen molar-refractivity contribution in [1.82, 2.24) is 0 Å². The molecule has 0 bridgehead atoms. The van der Waals surface area contributed by atoms with Crippen molar-refractivity contribution >= 4 is 43.1 Å². The molecule has 0 aliphatic heterocycles. The summed E-state index contributed by atoms with van der Waals surface area (Å²) in [6, 6.07) is 0. The molecule has 0 aliphatic rings. The molecule has 0 saturated carbocycles. The first kappa shape index (κ1) is 9.80. The van der Waals surface area contributed by atoms with E-state index < -0.39 is 16.4 Å². The molecule has 5 heteroatoms. The number of rotatable bonds is 0. The van der Waals surface area contributed by atoms with Gasteiger partial charge in [-0.2, -0.15) is 0 Å². The van der Waals surface area contributed by atoms with Crippen LogP contribution in [0.5, 0.6) is 0 Å². The molecule has 2 N–H and O–H groups in total. The Morgan fingerprint density at radius 3 is 1.00 bits per heavy atom. The van der Waals surface area contributed by atoms with Gasteiger partial charge >= 0.3 is 43.1 Å². The Morgan fingerprint density at radius 1 is 1.00 bits per heavy atom. The van der Waals surface area contributed by atoms with Crippen molar-refractivity contribution in [2.24, 2.45) is 0 Å². The van der Waals surface area contributed by atoms with Gasteiger partial charge in [0.05, 0.1) is 0 Å². The van der Waals surface area contributed by atoms with Gasteiger partial charge in [-0.15, -0.1) is 0 Å². The summed E-state index contributed by atoms with van der Waals surface area (Å²) in [6.07, 6.45) is 0. The van der Waals surface area contributed by atoms with Gasteiger partial charge in [0, 0.05) is 0 Å². The number of hydrogen-bond acceptors (Lipinski definition) is 0. The van der Waals surface area contributed by atoms with Gasteiger partial charge in [0.1, 0.15) is 0 Å². The van der Waals surface area contributed by atoms with E-state index in [9.17, 15) is 0 Å². The molecule has 0 fully saturated rings. The Labute approximate surface area is 48.4 Å². The van der Waals surface area contributed by atoms with Crippen LogP contribution >= 0.6 is 26.8 Å². The first-order chi connectivity index (χ1) is 1.73. The molecule has 0 rings (SSSR count). The molecule has 0 atom stereocenters. The van der Waals surface area contributed by atoms with Crippen LogP contribution in [0.2, 0.25) is 0 Å². The van der Waals surface area contributed by atoms with Gasteiger partial charge in [-0.1, -0.05) is 0 Å². The summed E-state index contributed by atoms with van der Waals surface area (Å²) in [7, 11) is 15.0. The van der Waals surface area contributed by atoms with Gasteiger partial charge in [0.15, 0.2) is 0 Å². The molecular weight excluding hydrogens is 241 g/mol. The molecule has 1 radical (unpaired) electrons.